The average Bonchev–Trinajstić information content (AvgIpc) is 2.37. The van der Waals surface area contributed by atoms with Crippen LogP contribution in [0.25, 0.3) is 0 Å². The molecule has 0 aliphatic heterocycles. The predicted octanol–water partition coefficient (Wildman–Crippen LogP) is 3.10. The monoisotopic (exact) mass is 247 g/mol. The fraction of sp³-hybridized carbons (Fsp3) is 0.385. The van der Waals surface area contributed by atoms with Crippen LogP contribution in [-0.4, -0.2) is 22.9 Å². The summed E-state index contributed by atoms with van der Waals surface area (Å²) in [4.78, 5) is 6.01. The van der Waals surface area contributed by atoms with Crippen molar-refractivity contribution in [2.75, 3.05) is 12.8 Å². The van der Waals surface area contributed by atoms with Crippen molar-refractivity contribution in [3.63, 3.8) is 0 Å². The van der Waals surface area contributed by atoms with E-state index in [1.54, 1.807) is 0 Å². The van der Waals surface area contributed by atoms with E-state index in [0.29, 0.717) is 0 Å². The Morgan fingerprint density at radius 3 is 2.65 bits per heavy atom. The molecule has 0 saturated carbocycles. The zero-order valence-corrected chi connectivity index (χ0v) is 11.1. The molecule has 0 spiro atoms. The lowest BCUT2D eigenvalue weighted by Crippen LogP contribution is -2.28. The summed E-state index contributed by atoms with van der Waals surface area (Å²) in [6, 6.07) is 10.2. The van der Waals surface area contributed by atoms with E-state index in [1.807, 2.05) is 30.6 Å². The maximum atomic E-state index is 8.67. The van der Waals surface area contributed by atoms with Gasteiger partial charge in [-0.25, -0.2) is 0 Å². The van der Waals surface area contributed by atoms with Crippen LogP contribution >= 0.6 is 11.8 Å². The normalized spacial score (nSPS) is 11.0. The van der Waals surface area contributed by atoms with Crippen molar-refractivity contribution in [3.8, 4) is 6.19 Å². The molecule has 0 bridgehead atoms. The maximum absolute atomic E-state index is 8.67. The van der Waals surface area contributed by atoms with Gasteiger partial charge in [-0.1, -0.05) is 49.0 Å². The topological polar surface area (TPSA) is 39.4 Å². The number of aliphatic imine (C=N–C) groups is 1. The van der Waals surface area contributed by atoms with Crippen molar-refractivity contribution in [1.29, 1.82) is 5.26 Å². The average molecular weight is 247 g/mol. The molecule has 0 radical (unpaired) electrons. The van der Waals surface area contributed by atoms with Crippen molar-refractivity contribution in [2.24, 2.45) is 4.99 Å². The lowest BCUT2D eigenvalue weighted by atomic mass is 10.2. The molecule has 1 rings (SSSR count). The molecule has 0 saturated heterocycles. The summed E-state index contributed by atoms with van der Waals surface area (Å²) in [5.74, 6) is 0. The van der Waals surface area contributed by atoms with Crippen molar-refractivity contribution in [1.82, 2.24) is 4.90 Å². The number of hydrogen-bond acceptors (Lipinski definition) is 3. The lowest BCUT2D eigenvalue weighted by molar-refractivity contribution is 0.420. The van der Waals surface area contributed by atoms with Gasteiger partial charge in [0.1, 0.15) is 0 Å². The number of hydrogen-bond donors (Lipinski definition) is 0. The Hall–Kier alpha value is -1.47. The lowest BCUT2D eigenvalue weighted by Gasteiger charge is -2.23. The fourth-order valence-corrected chi connectivity index (χ4v) is 2.15. The van der Waals surface area contributed by atoms with Gasteiger partial charge in [0.25, 0.3) is 0 Å². The Morgan fingerprint density at radius 2 is 2.12 bits per heavy atom. The highest BCUT2D eigenvalue weighted by atomic mass is 32.2. The van der Waals surface area contributed by atoms with Gasteiger partial charge >= 0.3 is 0 Å². The van der Waals surface area contributed by atoms with Gasteiger partial charge in [-0.15, -0.1) is 4.99 Å². The Bertz CT molecular complexity index is 395. The Kier molecular flexibility index (Phi) is 6.19. The minimum atomic E-state index is 0.790. The maximum Gasteiger partial charge on any atom is 0.208 e. The summed E-state index contributed by atoms with van der Waals surface area (Å²) >= 11 is 1.52. The second-order valence-corrected chi connectivity index (χ2v) is 4.38. The van der Waals surface area contributed by atoms with Gasteiger partial charge in [0, 0.05) is 13.1 Å². The van der Waals surface area contributed by atoms with Gasteiger partial charge in [0.2, 0.25) is 6.19 Å². The molecular weight excluding hydrogens is 230 g/mol. The second-order valence-electron chi connectivity index (χ2n) is 3.61. The smallest absolute Gasteiger partial charge is 0.208 e. The summed E-state index contributed by atoms with van der Waals surface area (Å²) < 4.78 is 0. The van der Waals surface area contributed by atoms with E-state index in [-0.39, 0.29) is 0 Å². The van der Waals surface area contributed by atoms with E-state index in [4.69, 9.17) is 5.26 Å². The second kappa shape index (κ2) is 7.75. The third kappa shape index (κ3) is 4.49. The summed E-state index contributed by atoms with van der Waals surface area (Å²) in [7, 11) is 0. The van der Waals surface area contributed by atoms with Crippen LogP contribution in [0.2, 0.25) is 0 Å². The van der Waals surface area contributed by atoms with Crippen LogP contribution in [0.1, 0.15) is 18.9 Å². The molecular formula is C13H17N3S. The van der Waals surface area contributed by atoms with Crippen LogP contribution in [-0.2, 0) is 6.54 Å². The Balaban J connectivity index is 2.79. The first-order valence-electron chi connectivity index (χ1n) is 5.61. The fourth-order valence-electron chi connectivity index (χ4n) is 1.60. The van der Waals surface area contributed by atoms with Crippen LogP contribution in [0.5, 0.6) is 0 Å². The van der Waals surface area contributed by atoms with E-state index in [0.717, 1.165) is 24.7 Å². The molecule has 0 aliphatic carbocycles. The van der Waals surface area contributed by atoms with Gasteiger partial charge in [0.05, 0.1) is 0 Å². The van der Waals surface area contributed by atoms with Crippen molar-refractivity contribution in [3.05, 3.63) is 35.9 Å². The molecule has 1 aromatic rings. The largest absolute Gasteiger partial charge is 0.346 e. The molecule has 0 atom stereocenters. The molecule has 17 heavy (non-hydrogen) atoms. The molecule has 90 valence electrons. The number of benzene rings is 1. The van der Waals surface area contributed by atoms with Gasteiger partial charge < -0.3 is 4.90 Å². The first-order valence-corrected chi connectivity index (χ1v) is 6.84. The molecule has 0 heterocycles. The zero-order chi connectivity index (χ0) is 12.5. The molecule has 4 heteroatoms. The quantitative estimate of drug-likeness (QED) is 0.466. The highest BCUT2D eigenvalue weighted by Gasteiger charge is 2.10. The van der Waals surface area contributed by atoms with Crippen molar-refractivity contribution >= 4 is 16.9 Å². The number of nitriles is 1. The standard InChI is InChI=1S/C13H17N3S/c1-3-9-16(13(17-2)15-11-14)10-12-7-5-4-6-8-12/h4-8H,3,9-10H2,1-2H3. The van der Waals surface area contributed by atoms with Gasteiger partial charge in [-0.2, -0.15) is 5.26 Å². The van der Waals surface area contributed by atoms with Crippen molar-refractivity contribution in [2.45, 2.75) is 19.9 Å². The summed E-state index contributed by atoms with van der Waals surface area (Å²) in [5.41, 5.74) is 1.24. The van der Waals surface area contributed by atoms with E-state index in [9.17, 15) is 0 Å². The number of thioether (sulfide) groups is 1. The van der Waals surface area contributed by atoms with Crippen molar-refractivity contribution < 1.29 is 0 Å². The molecule has 0 N–H and O–H groups in total. The highest BCUT2D eigenvalue weighted by Crippen LogP contribution is 2.11. The zero-order valence-electron chi connectivity index (χ0n) is 10.3. The Labute approximate surface area is 107 Å². The number of amidine groups is 1. The van der Waals surface area contributed by atoms with Crippen LogP contribution in [0.3, 0.4) is 0 Å². The van der Waals surface area contributed by atoms with Gasteiger partial charge in [0.15, 0.2) is 5.17 Å². The van der Waals surface area contributed by atoms with E-state index >= 15 is 0 Å². The highest BCUT2D eigenvalue weighted by molar-refractivity contribution is 8.13. The molecule has 3 nitrogen and oxygen atoms in total. The van der Waals surface area contributed by atoms with Crippen LogP contribution in [0, 0.1) is 11.5 Å². The summed E-state index contributed by atoms with van der Waals surface area (Å²) in [5, 5.41) is 9.46. The summed E-state index contributed by atoms with van der Waals surface area (Å²) in [6.07, 6.45) is 4.86. The van der Waals surface area contributed by atoms with Crippen LogP contribution in [0.4, 0.5) is 0 Å². The molecule has 0 amide bonds. The van der Waals surface area contributed by atoms with E-state index < -0.39 is 0 Å². The first kappa shape index (κ1) is 13.6. The van der Waals surface area contributed by atoms with E-state index in [2.05, 4.69) is 28.9 Å². The third-order valence-corrected chi connectivity index (χ3v) is 3.02. The number of rotatable bonds is 4. The SMILES string of the molecule is CCCN(Cc1ccccc1)C(=NC#N)SC. The minimum Gasteiger partial charge on any atom is -0.346 e. The minimum absolute atomic E-state index is 0.790. The molecule has 0 fully saturated rings. The van der Waals surface area contributed by atoms with Gasteiger partial charge in [-0.3, -0.25) is 0 Å². The molecule has 1 aromatic carbocycles. The van der Waals surface area contributed by atoms with E-state index in [1.165, 1.54) is 17.3 Å². The third-order valence-electron chi connectivity index (χ3n) is 2.31. The molecule has 0 aromatic heterocycles. The predicted molar refractivity (Wildman–Crippen MR) is 73.7 cm³/mol. The van der Waals surface area contributed by atoms with Gasteiger partial charge in [-0.05, 0) is 18.2 Å². The summed E-state index contributed by atoms with van der Waals surface area (Å²) in [6.45, 7) is 3.84. The van der Waals surface area contributed by atoms with Crippen LogP contribution < -0.4 is 0 Å². The molecule has 0 aliphatic rings. The Morgan fingerprint density at radius 1 is 1.41 bits per heavy atom. The number of nitrogens with zero attached hydrogens (tertiary/aromatic N) is 3. The van der Waals surface area contributed by atoms with Crippen LogP contribution in [0.15, 0.2) is 35.3 Å². The molecule has 0 unspecified atom stereocenters. The first-order chi connectivity index (χ1) is 8.31.